The molecular weight excluding hydrogens is 247 g/mol. The minimum absolute atomic E-state index is 0.112. The maximum Gasteiger partial charge on any atom is 0.336 e. The Morgan fingerprint density at radius 2 is 1.89 bits per heavy atom. The highest BCUT2D eigenvalue weighted by Gasteiger charge is 2.16. The van der Waals surface area contributed by atoms with E-state index in [0.29, 0.717) is 16.9 Å². The predicted molar refractivity (Wildman–Crippen MR) is 68.6 cm³/mol. The first-order chi connectivity index (χ1) is 9.15. The zero-order chi connectivity index (χ0) is 13.4. The van der Waals surface area contributed by atoms with E-state index in [-0.39, 0.29) is 5.56 Å². The van der Waals surface area contributed by atoms with Crippen molar-refractivity contribution in [3.8, 4) is 11.3 Å². The molecule has 1 N–H and O–H groups in total. The van der Waals surface area contributed by atoms with Gasteiger partial charge in [0.1, 0.15) is 17.2 Å². The average Bonchev–Trinajstić information content (AvgIpc) is 2.82. The second kappa shape index (κ2) is 4.24. The van der Waals surface area contributed by atoms with Crippen LogP contribution in [0.2, 0.25) is 0 Å². The molecule has 3 rings (SSSR count). The van der Waals surface area contributed by atoms with Gasteiger partial charge in [-0.3, -0.25) is 0 Å². The van der Waals surface area contributed by atoms with Crippen molar-refractivity contribution in [1.29, 1.82) is 0 Å². The van der Waals surface area contributed by atoms with Gasteiger partial charge in [-0.25, -0.2) is 9.18 Å². The molecule has 0 fully saturated rings. The van der Waals surface area contributed by atoms with Gasteiger partial charge in [0.25, 0.3) is 0 Å². The fraction of sp³-hybridized carbons (Fsp3) is 0. The molecule has 0 aliphatic heterocycles. The normalized spacial score (nSPS) is 10.8. The van der Waals surface area contributed by atoms with E-state index in [2.05, 4.69) is 0 Å². The molecule has 1 heterocycles. The maximum absolute atomic E-state index is 13.1. The molecule has 0 saturated carbocycles. The minimum atomic E-state index is -1.19. The molecule has 0 atom stereocenters. The number of furan rings is 1. The van der Waals surface area contributed by atoms with Gasteiger partial charge in [-0.05, 0) is 30.3 Å². The Balaban J connectivity index is 2.23. The second-order valence-corrected chi connectivity index (χ2v) is 4.14. The van der Waals surface area contributed by atoms with Crippen molar-refractivity contribution >= 4 is 16.9 Å². The molecule has 3 aromatic rings. The number of benzene rings is 2. The van der Waals surface area contributed by atoms with Crippen LogP contribution in [-0.2, 0) is 0 Å². The van der Waals surface area contributed by atoms with E-state index in [0.717, 1.165) is 11.5 Å². The standard InChI is InChI=1S/C15H9FO3/c16-10-5-6-11(12(8-10)15(17)18)14-7-9-3-1-2-4-13(9)19-14/h1-8H,(H,17,18). The van der Waals surface area contributed by atoms with Gasteiger partial charge in [0.2, 0.25) is 0 Å². The number of para-hydroxylation sites is 1. The molecule has 0 unspecified atom stereocenters. The number of carboxylic acid groups (broad SMARTS) is 1. The molecule has 0 saturated heterocycles. The van der Waals surface area contributed by atoms with E-state index in [1.165, 1.54) is 12.1 Å². The number of halogens is 1. The Labute approximate surface area is 107 Å². The first-order valence-corrected chi connectivity index (χ1v) is 5.67. The molecule has 0 aliphatic rings. The van der Waals surface area contributed by atoms with Crippen LogP contribution in [-0.4, -0.2) is 11.1 Å². The Hall–Kier alpha value is -2.62. The van der Waals surface area contributed by atoms with Crippen molar-refractivity contribution in [2.75, 3.05) is 0 Å². The third-order valence-corrected chi connectivity index (χ3v) is 2.90. The van der Waals surface area contributed by atoms with Crippen LogP contribution in [0.3, 0.4) is 0 Å². The van der Waals surface area contributed by atoms with E-state index in [9.17, 15) is 9.18 Å². The van der Waals surface area contributed by atoms with E-state index in [4.69, 9.17) is 9.52 Å². The summed E-state index contributed by atoms with van der Waals surface area (Å²) in [5.74, 6) is -1.36. The minimum Gasteiger partial charge on any atom is -0.478 e. The van der Waals surface area contributed by atoms with Gasteiger partial charge in [-0.2, -0.15) is 0 Å². The highest BCUT2D eigenvalue weighted by Crippen LogP contribution is 2.30. The van der Waals surface area contributed by atoms with Gasteiger partial charge < -0.3 is 9.52 Å². The summed E-state index contributed by atoms with van der Waals surface area (Å²) >= 11 is 0. The Kier molecular flexibility index (Phi) is 2.56. The molecule has 94 valence electrons. The molecule has 0 bridgehead atoms. The zero-order valence-corrected chi connectivity index (χ0v) is 9.76. The van der Waals surface area contributed by atoms with Crippen LogP contribution in [0.25, 0.3) is 22.3 Å². The summed E-state index contributed by atoms with van der Waals surface area (Å²) in [6.45, 7) is 0. The van der Waals surface area contributed by atoms with Gasteiger partial charge in [0.15, 0.2) is 0 Å². The quantitative estimate of drug-likeness (QED) is 0.755. The van der Waals surface area contributed by atoms with E-state index >= 15 is 0 Å². The van der Waals surface area contributed by atoms with Gasteiger partial charge >= 0.3 is 5.97 Å². The summed E-state index contributed by atoms with van der Waals surface area (Å²) < 4.78 is 18.7. The largest absolute Gasteiger partial charge is 0.478 e. The summed E-state index contributed by atoms with van der Waals surface area (Å²) in [6, 6.07) is 12.7. The summed E-state index contributed by atoms with van der Waals surface area (Å²) in [5, 5.41) is 9.99. The van der Waals surface area contributed by atoms with Crippen molar-refractivity contribution < 1.29 is 18.7 Å². The number of hydrogen-bond donors (Lipinski definition) is 1. The highest BCUT2D eigenvalue weighted by molar-refractivity contribution is 5.96. The average molecular weight is 256 g/mol. The molecule has 19 heavy (non-hydrogen) atoms. The topological polar surface area (TPSA) is 50.4 Å². The monoisotopic (exact) mass is 256 g/mol. The Bertz CT molecular complexity index is 741. The lowest BCUT2D eigenvalue weighted by molar-refractivity contribution is 0.0697. The fourth-order valence-electron chi connectivity index (χ4n) is 2.02. The number of carbonyl (C=O) groups is 1. The van der Waals surface area contributed by atoms with Crippen molar-refractivity contribution in [3.63, 3.8) is 0 Å². The van der Waals surface area contributed by atoms with Crippen LogP contribution < -0.4 is 0 Å². The van der Waals surface area contributed by atoms with Gasteiger partial charge in [0.05, 0.1) is 5.56 Å². The number of rotatable bonds is 2. The van der Waals surface area contributed by atoms with Crippen molar-refractivity contribution in [3.05, 3.63) is 59.9 Å². The summed E-state index contributed by atoms with van der Waals surface area (Å²) in [4.78, 5) is 11.2. The number of hydrogen-bond acceptors (Lipinski definition) is 2. The molecule has 0 aliphatic carbocycles. The van der Waals surface area contributed by atoms with Gasteiger partial charge in [-0.1, -0.05) is 18.2 Å². The van der Waals surface area contributed by atoms with Crippen LogP contribution >= 0.6 is 0 Å². The molecule has 0 radical (unpaired) electrons. The van der Waals surface area contributed by atoms with Gasteiger partial charge in [0, 0.05) is 10.9 Å². The SMILES string of the molecule is O=C(O)c1cc(F)ccc1-c1cc2ccccc2o1. The van der Waals surface area contributed by atoms with Crippen molar-refractivity contribution in [1.82, 2.24) is 0 Å². The zero-order valence-electron chi connectivity index (χ0n) is 9.76. The predicted octanol–water partition coefficient (Wildman–Crippen LogP) is 3.94. The molecule has 4 heteroatoms. The molecule has 1 aromatic heterocycles. The molecule has 0 spiro atoms. The van der Waals surface area contributed by atoms with Crippen molar-refractivity contribution in [2.45, 2.75) is 0 Å². The number of fused-ring (bicyclic) bond motifs is 1. The highest BCUT2D eigenvalue weighted by atomic mass is 19.1. The van der Waals surface area contributed by atoms with E-state index in [1.807, 2.05) is 18.2 Å². The molecule has 0 amide bonds. The summed E-state index contributed by atoms with van der Waals surface area (Å²) in [7, 11) is 0. The second-order valence-electron chi connectivity index (χ2n) is 4.14. The third-order valence-electron chi connectivity index (χ3n) is 2.90. The lowest BCUT2D eigenvalue weighted by Gasteiger charge is -2.02. The molecule has 3 nitrogen and oxygen atoms in total. The smallest absolute Gasteiger partial charge is 0.336 e. The number of aromatic carboxylic acids is 1. The van der Waals surface area contributed by atoms with Crippen LogP contribution in [0.1, 0.15) is 10.4 Å². The number of carboxylic acids is 1. The van der Waals surface area contributed by atoms with E-state index < -0.39 is 11.8 Å². The Morgan fingerprint density at radius 1 is 1.11 bits per heavy atom. The van der Waals surface area contributed by atoms with Crippen molar-refractivity contribution in [2.24, 2.45) is 0 Å². The van der Waals surface area contributed by atoms with Gasteiger partial charge in [-0.15, -0.1) is 0 Å². The lowest BCUT2D eigenvalue weighted by atomic mass is 10.0. The first kappa shape index (κ1) is 11.5. The van der Waals surface area contributed by atoms with Crippen LogP contribution in [0.15, 0.2) is 52.9 Å². The lowest BCUT2D eigenvalue weighted by Crippen LogP contribution is -1.99. The van der Waals surface area contributed by atoms with Crippen LogP contribution in [0, 0.1) is 5.82 Å². The fourth-order valence-corrected chi connectivity index (χ4v) is 2.02. The summed E-state index contributed by atoms with van der Waals surface area (Å²) in [5.41, 5.74) is 0.919. The van der Waals surface area contributed by atoms with E-state index in [1.54, 1.807) is 12.1 Å². The van der Waals surface area contributed by atoms with Crippen LogP contribution in [0.5, 0.6) is 0 Å². The summed E-state index contributed by atoms with van der Waals surface area (Å²) in [6.07, 6.45) is 0. The molecular formula is C15H9FO3. The molecule has 2 aromatic carbocycles. The van der Waals surface area contributed by atoms with Crippen LogP contribution in [0.4, 0.5) is 4.39 Å². The Morgan fingerprint density at radius 3 is 2.63 bits per heavy atom. The first-order valence-electron chi connectivity index (χ1n) is 5.67. The third kappa shape index (κ3) is 1.97. The maximum atomic E-state index is 13.1.